The Morgan fingerprint density at radius 3 is 2.67 bits per heavy atom. The number of aliphatic hydroxyl groups is 1. The van der Waals surface area contributed by atoms with Crippen molar-refractivity contribution in [1.82, 2.24) is 25.1 Å². The van der Waals surface area contributed by atoms with Crippen LogP contribution in [0.4, 0.5) is 23.1 Å². The highest BCUT2D eigenvalue weighted by molar-refractivity contribution is 7.84. The second kappa shape index (κ2) is 16.2. The minimum absolute atomic E-state index is 0.0551. The van der Waals surface area contributed by atoms with Gasteiger partial charge in [-0.2, -0.15) is 13.4 Å². The summed E-state index contributed by atoms with van der Waals surface area (Å²) in [5.74, 6) is 0.811. The molecule has 3 aromatic rings. The van der Waals surface area contributed by atoms with Crippen molar-refractivity contribution in [3.63, 3.8) is 0 Å². The molecule has 1 aromatic heterocycles. The molecular weight excluding hydrogens is 660 g/mol. The fourth-order valence-corrected chi connectivity index (χ4v) is 6.99. The predicted molar refractivity (Wildman–Crippen MR) is 185 cm³/mol. The van der Waals surface area contributed by atoms with Gasteiger partial charge in [0.05, 0.1) is 43.5 Å². The van der Waals surface area contributed by atoms with E-state index in [0.717, 1.165) is 69.7 Å². The van der Waals surface area contributed by atoms with E-state index in [1.807, 2.05) is 6.07 Å². The van der Waals surface area contributed by atoms with E-state index in [1.54, 1.807) is 36.3 Å². The number of para-hydroxylation sites is 1. The largest absolute Gasteiger partial charge is 0.494 e. The normalized spacial score (nSPS) is 17.3. The van der Waals surface area contributed by atoms with E-state index in [4.69, 9.17) is 30.6 Å². The van der Waals surface area contributed by atoms with Crippen LogP contribution in [0.25, 0.3) is 0 Å². The van der Waals surface area contributed by atoms with Gasteiger partial charge in [-0.05, 0) is 55.0 Å². The summed E-state index contributed by atoms with van der Waals surface area (Å²) in [6.45, 7) is 4.44. The summed E-state index contributed by atoms with van der Waals surface area (Å²) in [4.78, 5) is 28.4. The van der Waals surface area contributed by atoms with Gasteiger partial charge >= 0.3 is 10.3 Å². The molecule has 5 N–H and O–H groups in total. The van der Waals surface area contributed by atoms with E-state index in [-0.39, 0.29) is 42.5 Å². The van der Waals surface area contributed by atoms with Crippen LogP contribution < -0.4 is 25.4 Å². The van der Waals surface area contributed by atoms with Crippen LogP contribution in [0.2, 0.25) is 5.02 Å². The van der Waals surface area contributed by atoms with Gasteiger partial charge in [0, 0.05) is 52.4 Å². The fourth-order valence-electron chi connectivity index (χ4n) is 6.49. The van der Waals surface area contributed by atoms with Crippen LogP contribution in [0.3, 0.4) is 0 Å². The van der Waals surface area contributed by atoms with Crippen LogP contribution in [0, 0.1) is 0 Å². The van der Waals surface area contributed by atoms with Gasteiger partial charge in [0.15, 0.2) is 5.82 Å². The molecule has 1 fully saturated rings. The molecule has 0 unspecified atom stereocenters. The maximum atomic E-state index is 12.8. The average Bonchev–Trinajstić information content (AvgIpc) is 3.30. The Morgan fingerprint density at radius 1 is 1.19 bits per heavy atom. The van der Waals surface area contributed by atoms with Crippen molar-refractivity contribution < 1.29 is 27.2 Å². The Kier molecular flexibility index (Phi) is 12.1. The number of β-amino-alcohol motifs (C(OH)–C–C–N with tert-alkyl or cyclic N) is 1. The zero-order valence-electron chi connectivity index (χ0n) is 27.2. The third-order valence-electron chi connectivity index (χ3n) is 8.78. The van der Waals surface area contributed by atoms with Crippen molar-refractivity contribution in [3.8, 4) is 5.75 Å². The third kappa shape index (κ3) is 8.71. The molecule has 1 aliphatic carbocycles. The second-order valence-electron chi connectivity index (χ2n) is 11.7. The molecule has 14 nitrogen and oxygen atoms in total. The first-order chi connectivity index (χ1) is 23.1. The van der Waals surface area contributed by atoms with Crippen LogP contribution in [-0.2, 0) is 27.3 Å². The van der Waals surface area contributed by atoms with Gasteiger partial charge in [-0.15, -0.1) is 0 Å². The molecule has 16 heteroatoms. The molecule has 1 amide bonds. The van der Waals surface area contributed by atoms with Crippen LogP contribution in [0.1, 0.15) is 34.3 Å². The molecule has 0 saturated carbocycles. The number of ether oxygens (including phenoxy) is 1. The molecule has 2 heterocycles. The Balaban J connectivity index is 1.42. The highest BCUT2D eigenvalue weighted by Gasteiger charge is 2.28. The molecule has 48 heavy (non-hydrogen) atoms. The number of hydrogen-bond acceptors (Lipinski definition) is 12. The summed E-state index contributed by atoms with van der Waals surface area (Å²) < 4.78 is 33.9. The zero-order chi connectivity index (χ0) is 34.3. The van der Waals surface area contributed by atoms with Crippen molar-refractivity contribution in [2.24, 2.45) is 5.14 Å². The fraction of sp³-hybridized carbons (Fsp3) is 0.469. The van der Waals surface area contributed by atoms with Crippen LogP contribution >= 0.6 is 11.6 Å². The van der Waals surface area contributed by atoms with Crippen LogP contribution in [0.15, 0.2) is 42.6 Å². The lowest BCUT2D eigenvalue weighted by Crippen LogP contribution is -2.51. The number of carbonyl (C=O) groups excluding carboxylic acids is 1. The van der Waals surface area contributed by atoms with Crippen molar-refractivity contribution in [2.45, 2.75) is 31.7 Å². The van der Waals surface area contributed by atoms with E-state index < -0.39 is 10.3 Å². The Labute approximate surface area is 286 Å². The molecule has 2 aromatic carbocycles. The number of hydrogen-bond donors (Lipinski definition) is 4. The van der Waals surface area contributed by atoms with Crippen LogP contribution in [0.5, 0.6) is 5.75 Å². The van der Waals surface area contributed by atoms with Crippen molar-refractivity contribution in [1.29, 1.82) is 0 Å². The lowest BCUT2D eigenvalue weighted by Gasteiger charge is -2.39. The smallest absolute Gasteiger partial charge is 0.333 e. The maximum absolute atomic E-state index is 12.8. The molecule has 260 valence electrons. The molecule has 0 bridgehead atoms. The summed E-state index contributed by atoms with van der Waals surface area (Å²) >= 11 is 6.63. The molecule has 1 atom stereocenters. The molecular formula is C32H43ClN8O6S. The SMILES string of the molecule is CNC(=O)c1ccccc1N(CCOS(N)(=O)=O)c1nc(Nc2ccc3c(c2OC)CCC[C@H](N2CCN(CCO)CC2)C3)ncc1Cl. The Hall–Kier alpha value is -3.57. The number of amides is 1. The quantitative estimate of drug-likeness (QED) is 0.192. The highest BCUT2D eigenvalue weighted by Crippen LogP contribution is 2.38. The maximum Gasteiger partial charge on any atom is 0.333 e. The number of nitrogens with one attached hydrogen (secondary N) is 2. The summed E-state index contributed by atoms with van der Waals surface area (Å²) in [7, 11) is -1.05. The van der Waals surface area contributed by atoms with Gasteiger partial charge in [0.1, 0.15) is 10.8 Å². The number of methoxy groups -OCH3 is 1. The molecule has 2 aliphatic rings. The summed E-state index contributed by atoms with van der Waals surface area (Å²) in [6, 6.07) is 11.3. The number of nitrogens with zero attached hydrogens (tertiary/aromatic N) is 5. The Bertz CT molecular complexity index is 1690. The molecule has 5 rings (SSSR count). The first-order valence-electron chi connectivity index (χ1n) is 15.9. The summed E-state index contributed by atoms with van der Waals surface area (Å²) in [5, 5.41) is 20.5. The van der Waals surface area contributed by atoms with E-state index >= 15 is 0 Å². The average molecular weight is 703 g/mol. The molecule has 1 aliphatic heterocycles. The predicted octanol–water partition coefficient (Wildman–Crippen LogP) is 2.46. The standard InChI is InChI=1S/C32H43ClN8O6S/c1-35-31(43)25-7-3-4-9-28(25)41(17-19-47-48(34,44)45)30-26(33)21-36-32(38-30)37-27-11-10-22-20-23(6-5-8-24(22)29(27)46-2)40-14-12-39(13-15-40)16-18-42/h3-4,7,9-11,21,23,42H,5-6,8,12-20H2,1-2H3,(H,35,43)(H2,34,44,45)(H,36,37,38)/t23-/m0/s1. The third-order valence-corrected chi connectivity index (χ3v) is 9.54. The number of rotatable bonds is 13. The number of fused-ring (bicyclic) bond motifs is 1. The number of piperazine rings is 1. The lowest BCUT2D eigenvalue weighted by atomic mass is 9.98. The number of halogens is 1. The van der Waals surface area contributed by atoms with Crippen molar-refractivity contribution in [2.75, 3.05) is 76.9 Å². The zero-order valence-corrected chi connectivity index (χ0v) is 28.8. The molecule has 1 saturated heterocycles. The van der Waals surface area contributed by atoms with Crippen molar-refractivity contribution in [3.05, 3.63) is 64.3 Å². The van der Waals surface area contributed by atoms with Gasteiger partial charge < -0.3 is 25.4 Å². The Morgan fingerprint density at radius 2 is 1.96 bits per heavy atom. The van der Waals surface area contributed by atoms with Crippen LogP contribution in [-0.4, -0.2) is 112 Å². The number of nitrogens with two attached hydrogens (primary N) is 1. The van der Waals surface area contributed by atoms with E-state index in [2.05, 4.69) is 31.5 Å². The topological polar surface area (TPSA) is 175 Å². The van der Waals surface area contributed by atoms with Gasteiger partial charge in [-0.3, -0.25) is 18.8 Å². The van der Waals surface area contributed by atoms with E-state index in [9.17, 15) is 18.3 Å². The van der Waals surface area contributed by atoms with Gasteiger partial charge in [0.2, 0.25) is 5.95 Å². The number of anilines is 4. The number of aliphatic hydroxyl groups excluding tert-OH is 1. The first kappa shape index (κ1) is 35.7. The minimum atomic E-state index is -4.22. The molecule has 0 spiro atoms. The summed E-state index contributed by atoms with van der Waals surface area (Å²) in [6.07, 6.45) is 5.34. The lowest BCUT2D eigenvalue weighted by molar-refractivity contribution is 0.0805. The van der Waals surface area contributed by atoms with Crippen molar-refractivity contribution >= 4 is 51.0 Å². The summed E-state index contributed by atoms with van der Waals surface area (Å²) in [5.41, 5.74) is 3.84. The van der Waals surface area contributed by atoms with Gasteiger partial charge in [-0.25, -0.2) is 10.1 Å². The van der Waals surface area contributed by atoms with Gasteiger partial charge in [-0.1, -0.05) is 29.8 Å². The minimum Gasteiger partial charge on any atom is -0.494 e. The highest BCUT2D eigenvalue weighted by atomic mass is 35.5. The van der Waals surface area contributed by atoms with Gasteiger partial charge in [0.25, 0.3) is 5.91 Å². The molecule has 0 radical (unpaired) electrons. The number of aromatic nitrogens is 2. The monoisotopic (exact) mass is 702 g/mol. The number of carbonyl (C=O) groups is 1. The number of benzene rings is 2. The van der Waals surface area contributed by atoms with E-state index in [0.29, 0.717) is 23.0 Å². The first-order valence-corrected chi connectivity index (χ1v) is 17.8. The second-order valence-corrected chi connectivity index (χ2v) is 13.3. The van der Waals surface area contributed by atoms with E-state index in [1.165, 1.54) is 18.8 Å².